The van der Waals surface area contributed by atoms with Gasteiger partial charge in [0, 0.05) is 49.7 Å². The summed E-state index contributed by atoms with van der Waals surface area (Å²) in [6, 6.07) is 22.6. The molecule has 0 spiro atoms. The molecule has 2 aromatic heterocycles. The summed E-state index contributed by atoms with van der Waals surface area (Å²) in [5.74, 6) is -3.42. The number of Topliss-reactive ketones (excluding diaryl/α,β-unsaturated/α-hetero) is 2. The molecule has 2 saturated heterocycles. The summed E-state index contributed by atoms with van der Waals surface area (Å²) < 4.78 is 129. The zero-order valence-electron chi connectivity index (χ0n) is 33.4. The highest BCUT2D eigenvalue weighted by atomic mass is 32.2. The van der Waals surface area contributed by atoms with Gasteiger partial charge in [0.05, 0.1) is 72.0 Å². The molecular formula is C38H44F2N8O11S4. The number of amides is 1. The van der Waals surface area contributed by atoms with Crippen LogP contribution in [0.15, 0.2) is 97.3 Å². The number of ketones is 2. The monoisotopic (exact) mass is 954 g/mol. The first-order valence-electron chi connectivity index (χ1n) is 19.0. The molecule has 340 valence electrons. The highest BCUT2D eigenvalue weighted by Gasteiger charge is 2.36. The highest BCUT2D eigenvalue weighted by molar-refractivity contribution is 7.93. The van der Waals surface area contributed by atoms with Gasteiger partial charge in [-0.3, -0.25) is 33.0 Å². The topological polar surface area (TPSA) is 265 Å². The minimum atomic E-state index is -4.10. The summed E-state index contributed by atoms with van der Waals surface area (Å²) in [5.41, 5.74) is 7.25. The van der Waals surface area contributed by atoms with Crippen molar-refractivity contribution in [3.63, 3.8) is 0 Å². The minimum Gasteiger partial charge on any atom is -0.344 e. The molecule has 2 fully saturated rings. The van der Waals surface area contributed by atoms with E-state index in [1.165, 1.54) is 26.9 Å². The number of pyridine rings is 2. The van der Waals surface area contributed by atoms with Gasteiger partial charge >= 0.3 is 26.8 Å². The average Bonchev–Trinajstić information content (AvgIpc) is 3.27. The van der Waals surface area contributed by atoms with Crippen LogP contribution in [0.5, 0.6) is 0 Å². The van der Waals surface area contributed by atoms with Crippen LogP contribution in [0.4, 0.5) is 20.2 Å². The Labute approximate surface area is 364 Å². The lowest BCUT2D eigenvalue weighted by Crippen LogP contribution is -2.50. The lowest BCUT2D eigenvalue weighted by molar-refractivity contribution is -0.131. The third kappa shape index (κ3) is 13.1. The zero-order valence-corrected chi connectivity index (χ0v) is 36.7. The maximum Gasteiger partial charge on any atom is 0.315 e. The van der Waals surface area contributed by atoms with Crippen LogP contribution in [0.25, 0.3) is 0 Å². The van der Waals surface area contributed by atoms with Crippen LogP contribution < -0.4 is 19.7 Å². The first-order chi connectivity index (χ1) is 29.7. The van der Waals surface area contributed by atoms with Crippen molar-refractivity contribution in [1.82, 2.24) is 23.9 Å². The largest absolute Gasteiger partial charge is 0.344 e. The Bertz CT molecular complexity index is 2660. The summed E-state index contributed by atoms with van der Waals surface area (Å²) in [7, 11) is -14.6. The van der Waals surface area contributed by atoms with Gasteiger partial charge in [-0.25, -0.2) is 16.8 Å². The molecule has 2 aliphatic rings. The number of sulfone groups is 2. The average molecular weight is 955 g/mol. The van der Waals surface area contributed by atoms with Crippen molar-refractivity contribution >= 4 is 68.9 Å². The molecule has 0 atom stereocenters. The summed E-state index contributed by atoms with van der Waals surface area (Å²) in [6.07, 6.45) is -0.706. The molecule has 1 amide bonds. The van der Waals surface area contributed by atoms with E-state index in [0.29, 0.717) is 22.6 Å². The van der Waals surface area contributed by atoms with E-state index in [1.54, 1.807) is 72.8 Å². The van der Waals surface area contributed by atoms with Crippen molar-refractivity contribution in [3.05, 3.63) is 120 Å². The first-order valence-corrected chi connectivity index (χ1v) is 25.4. The second-order valence-electron chi connectivity index (χ2n) is 13.9. The van der Waals surface area contributed by atoms with Gasteiger partial charge in [0.2, 0.25) is 0 Å². The van der Waals surface area contributed by atoms with Crippen molar-refractivity contribution < 1.29 is 56.8 Å². The molecule has 0 saturated carbocycles. The number of hydrogen-bond acceptors (Lipinski definition) is 14. The van der Waals surface area contributed by atoms with Crippen LogP contribution in [0.3, 0.4) is 0 Å². The number of carbonyl (C=O) groups is 3. The van der Waals surface area contributed by atoms with Crippen molar-refractivity contribution in [3.8, 4) is 0 Å². The van der Waals surface area contributed by atoms with Gasteiger partial charge in [-0.05, 0) is 48.5 Å². The summed E-state index contributed by atoms with van der Waals surface area (Å²) in [6.45, 7) is -1.55. The Balaban J connectivity index is 0.000000240. The number of benzene rings is 2. The summed E-state index contributed by atoms with van der Waals surface area (Å²) in [5, 5.41) is 1.81. The van der Waals surface area contributed by atoms with Crippen molar-refractivity contribution in [2.75, 3.05) is 70.9 Å². The number of anilines is 2. The van der Waals surface area contributed by atoms with Crippen molar-refractivity contribution in [2.45, 2.75) is 19.5 Å². The Kier molecular flexibility index (Phi) is 16.2. The number of alkyl halides is 2. The van der Waals surface area contributed by atoms with E-state index >= 15 is 0 Å². The SMILES string of the molecule is NCC(=O)c1ccc(CN(c2ccccc2)S(=O)(=O)N2CCS(=O)(=O)CC2)nc1.O=C(CNC(=O)C(F)F)c1ccc(CN(c2ccccc2)S(=O)(=O)N2CCS(=O)(=O)CC2)nc1. The lowest BCUT2D eigenvalue weighted by Gasteiger charge is -2.33. The standard InChI is InChI=1S/C20H22F2N4O6S2.C18H22N4O5S2/c21-19(22)20(28)24-13-18(27)15-6-7-16(23-12-15)14-26(17-4-2-1-3-5-17)34(31,32)25-8-10-33(29,30)11-9-25;19-12-18(23)15-6-7-16(20-13-15)14-22(17-4-2-1-3-5-17)29(26,27)21-8-10-28(24,25)11-9-21/h1-7,12,19H,8-11,13-14H2,(H,24,28);1-7,13H,8-12,14,19H2. The van der Waals surface area contributed by atoms with E-state index in [4.69, 9.17) is 5.73 Å². The van der Waals surface area contributed by atoms with Crippen molar-refractivity contribution in [1.29, 1.82) is 0 Å². The van der Waals surface area contributed by atoms with Gasteiger partial charge in [-0.15, -0.1) is 0 Å². The number of hydrogen-bond donors (Lipinski definition) is 2. The molecule has 6 rings (SSSR count). The fourth-order valence-electron chi connectivity index (χ4n) is 6.06. The van der Waals surface area contributed by atoms with Crippen LogP contribution in [0.2, 0.25) is 0 Å². The van der Waals surface area contributed by atoms with E-state index < -0.39 is 64.8 Å². The molecule has 0 radical (unpaired) electrons. The fraction of sp³-hybridized carbons (Fsp3) is 0.342. The lowest BCUT2D eigenvalue weighted by atomic mass is 10.1. The molecule has 63 heavy (non-hydrogen) atoms. The number of halogens is 2. The quantitative estimate of drug-likeness (QED) is 0.148. The maximum absolute atomic E-state index is 13.4. The number of rotatable bonds is 16. The Morgan fingerprint density at radius 2 is 1.02 bits per heavy atom. The third-order valence-corrected chi connectivity index (χ3v) is 16.7. The zero-order chi connectivity index (χ0) is 46.0. The second kappa shape index (κ2) is 20.9. The highest BCUT2D eigenvalue weighted by Crippen LogP contribution is 2.26. The van der Waals surface area contributed by atoms with Gasteiger partial charge in [0.1, 0.15) is 0 Å². The number of nitrogens with two attached hydrogens (primary N) is 1. The van der Waals surface area contributed by atoms with Crippen LogP contribution in [0.1, 0.15) is 32.1 Å². The van der Waals surface area contributed by atoms with Crippen LogP contribution in [-0.2, 0) is 58.0 Å². The molecule has 0 bridgehead atoms. The third-order valence-electron chi connectivity index (χ3n) is 9.62. The van der Waals surface area contributed by atoms with Gasteiger partial charge in [0.25, 0.3) is 5.91 Å². The van der Waals surface area contributed by atoms with Gasteiger partial charge in [0.15, 0.2) is 31.2 Å². The van der Waals surface area contributed by atoms with Crippen LogP contribution in [-0.4, -0.2) is 138 Å². The molecule has 2 aliphatic heterocycles. The molecule has 19 nitrogen and oxygen atoms in total. The van der Waals surface area contributed by atoms with Gasteiger partial charge < -0.3 is 11.1 Å². The summed E-state index contributed by atoms with van der Waals surface area (Å²) >= 11 is 0. The Hall–Kier alpha value is -5.31. The van der Waals surface area contributed by atoms with E-state index in [0.717, 1.165) is 14.8 Å². The summed E-state index contributed by atoms with van der Waals surface area (Å²) in [4.78, 5) is 43.0. The molecule has 4 aromatic rings. The molecule has 2 aromatic carbocycles. The Morgan fingerprint density at radius 3 is 1.35 bits per heavy atom. The number of carbonyl (C=O) groups excluding carboxylic acids is 3. The van der Waals surface area contributed by atoms with Gasteiger partial charge in [-0.2, -0.15) is 34.2 Å². The fourth-order valence-corrected chi connectivity index (χ4v) is 12.1. The second-order valence-corrected chi connectivity index (χ2v) is 22.3. The molecule has 4 heterocycles. The minimum absolute atomic E-state index is 0.0497. The smallest absolute Gasteiger partial charge is 0.315 e. The van der Waals surface area contributed by atoms with Crippen molar-refractivity contribution in [2.24, 2.45) is 5.73 Å². The molecule has 0 unspecified atom stereocenters. The molecule has 0 aliphatic carbocycles. The normalized spacial score (nSPS) is 16.6. The molecule has 3 N–H and O–H groups in total. The first kappa shape index (κ1) is 48.7. The van der Waals surface area contributed by atoms with Crippen LogP contribution in [0, 0.1) is 0 Å². The predicted molar refractivity (Wildman–Crippen MR) is 229 cm³/mol. The predicted octanol–water partition coefficient (Wildman–Crippen LogP) is 0.832. The molecular weight excluding hydrogens is 911 g/mol. The number of para-hydroxylation sites is 2. The van der Waals surface area contributed by atoms with Crippen LogP contribution >= 0.6 is 0 Å². The van der Waals surface area contributed by atoms with E-state index in [-0.39, 0.29) is 85.9 Å². The number of nitrogens with one attached hydrogen (secondary N) is 1. The van der Waals surface area contributed by atoms with E-state index in [1.807, 2.05) is 5.32 Å². The Morgan fingerprint density at radius 1 is 0.635 bits per heavy atom. The van der Waals surface area contributed by atoms with Gasteiger partial charge in [-0.1, -0.05) is 36.4 Å². The van der Waals surface area contributed by atoms with E-state index in [2.05, 4.69) is 9.97 Å². The van der Waals surface area contributed by atoms with E-state index in [9.17, 15) is 56.8 Å². The maximum atomic E-state index is 13.4. The number of nitrogens with zero attached hydrogens (tertiary/aromatic N) is 6. The molecule has 25 heteroatoms. The number of aromatic nitrogens is 2.